The minimum absolute atomic E-state index is 0.271. The Balaban J connectivity index is 2.79. The van der Waals surface area contributed by atoms with E-state index in [4.69, 9.17) is 4.74 Å². The molecule has 0 aliphatic heterocycles. The number of halogens is 2. The van der Waals surface area contributed by atoms with Crippen LogP contribution in [0.3, 0.4) is 0 Å². The third-order valence-corrected chi connectivity index (χ3v) is 4.10. The molecule has 19 heavy (non-hydrogen) atoms. The van der Waals surface area contributed by atoms with E-state index in [9.17, 15) is 5.11 Å². The Bertz CT molecular complexity index is 399. The maximum Gasteiger partial charge on any atom is 0.147 e. The number of benzene rings is 1. The van der Waals surface area contributed by atoms with Crippen LogP contribution in [0.5, 0.6) is 5.75 Å². The van der Waals surface area contributed by atoms with Crippen LogP contribution in [0.4, 0.5) is 0 Å². The van der Waals surface area contributed by atoms with Crippen LogP contribution >= 0.6 is 31.9 Å². The Morgan fingerprint density at radius 1 is 1.26 bits per heavy atom. The maximum atomic E-state index is 9.97. The first-order valence-corrected chi connectivity index (χ1v) is 8.02. The summed E-state index contributed by atoms with van der Waals surface area (Å²) in [4.78, 5) is 0. The Labute approximate surface area is 132 Å². The van der Waals surface area contributed by atoms with Crippen LogP contribution in [0.2, 0.25) is 0 Å². The van der Waals surface area contributed by atoms with Gasteiger partial charge in [-0.1, -0.05) is 13.8 Å². The molecule has 0 aliphatic rings. The number of nitrogens with one attached hydrogen (secondary N) is 1. The quantitative estimate of drug-likeness (QED) is 0.737. The van der Waals surface area contributed by atoms with Gasteiger partial charge < -0.3 is 15.2 Å². The van der Waals surface area contributed by atoms with Gasteiger partial charge in [0.05, 0.1) is 14.5 Å². The van der Waals surface area contributed by atoms with Crippen molar-refractivity contribution in [2.24, 2.45) is 0 Å². The largest absolute Gasteiger partial charge is 0.488 e. The zero-order valence-corrected chi connectivity index (χ0v) is 14.8. The first-order valence-electron chi connectivity index (χ1n) is 6.43. The van der Waals surface area contributed by atoms with Crippen molar-refractivity contribution < 1.29 is 9.84 Å². The van der Waals surface area contributed by atoms with Crippen molar-refractivity contribution in [3.63, 3.8) is 0 Å². The smallest absolute Gasteiger partial charge is 0.147 e. The molecule has 3 nitrogen and oxygen atoms in total. The fraction of sp³-hybridized carbons (Fsp3) is 0.571. The zero-order valence-electron chi connectivity index (χ0n) is 11.6. The van der Waals surface area contributed by atoms with Gasteiger partial charge >= 0.3 is 0 Å². The highest BCUT2D eigenvalue weighted by Crippen LogP contribution is 2.35. The van der Waals surface area contributed by atoms with Gasteiger partial charge in [0.15, 0.2) is 0 Å². The van der Waals surface area contributed by atoms with Crippen molar-refractivity contribution in [2.75, 3.05) is 13.2 Å². The van der Waals surface area contributed by atoms with E-state index in [1.807, 2.05) is 19.1 Å². The third-order valence-electron chi connectivity index (χ3n) is 2.93. The first kappa shape index (κ1) is 17.0. The lowest BCUT2D eigenvalue weighted by molar-refractivity contribution is 0.00799. The van der Waals surface area contributed by atoms with Crippen molar-refractivity contribution in [3.05, 3.63) is 26.6 Å². The molecule has 1 aromatic rings. The highest BCUT2D eigenvalue weighted by atomic mass is 79.9. The van der Waals surface area contributed by atoms with Crippen molar-refractivity contribution in [3.8, 4) is 5.75 Å². The molecular weight excluding hydrogens is 374 g/mol. The van der Waals surface area contributed by atoms with Gasteiger partial charge in [-0.15, -0.1) is 0 Å². The SMILES string of the molecule is CCNCc1cc(Br)c(OCC(C)(O)CC)c(Br)c1. The average molecular weight is 395 g/mol. The van der Waals surface area contributed by atoms with Gasteiger partial charge in [-0.2, -0.15) is 0 Å². The fourth-order valence-corrected chi connectivity index (χ4v) is 2.96. The molecule has 1 unspecified atom stereocenters. The van der Waals surface area contributed by atoms with Gasteiger partial charge in [0.1, 0.15) is 12.4 Å². The Kier molecular flexibility index (Phi) is 6.80. The van der Waals surface area contributed by atoms with Crippen LogP contribution < -0.4 is 10.1 Å². The molecule has 0 spiro atoms. The van der Waals surface area contributed by atoms with Gasteiger partial charge in [0, 0.05) is 6.54 Å². The summed E-state index contributed by atoms with van der Waals surface area (Å²) in [5.41, 5.74) is 0.372. The molecule has 0 aromatic heterocycles. The van der Waals surface area contributed by atoms with Gasteiger partial charge in [0.25, 0.3) is 0 Å². The molecule has 0 bridgehead atoms. The van der Waals surface area contributed by atoms with Crippen LogP contribution in [0.25, 0.3) is 0 Å². The predicted molar refractivity (Wildman–Crippen MR) is 85.6 cm³/mol. The second kappa shape index (κ2) is 7.62. The monoisotopic (exact) mass is 393 g/mol. The predicted octanol–water partition coefficient (Wildman–Crippen LogP) is 3.86. The van der Waals surface area contributed by atoms with Crippen LogP contribution in [0.15, 0.2) is 21.1 Å². The highest BCUT2D eigenvalue weighted by molar-refractivity contribution is 9.11. The summed E-state index contributed by atoms with van der Waals surface area (Å²) in [5.74, 6) is 0.731. The summed E-state index contributed by atoms with van der Waals surface area (Å²) in [6, 6.07) is 4.06. The number of rotatable bonds is 7. The van der Waals surface area contributed by atoms with Crippen LogP contribution in [0.1, 0.15) is 32.8 Å². The highest BCUT2D eigenvalue weighted by Gasteiger charge is 2.20. The van der Waals surface area contributed by atoms with E-state index >= 15 is 0 Å². The van der Waals surface area contributed by atoms with Crippen molar-refractivity contribution >= 4 is 31.9 Å². The molecule has 1 aromatic carbocycles. The lowest BCUT2D eigenvalue weighted by Crippen LogP contribution is -2.31. The van der Waals surface area contributed by atoms with Crippen LogP contribution in [-0.4, -0.2) is 23.9 Å². The summed E-state index contributed by atoms with van der Waals surface area (Å²) >= 11 is 7.03. The fourth-order valence-electron chi connectivity index (χ4n) is 1.45. The lowest BCUT2D eigenvalue weighted by atomic mass is 10.1. The van der Waals surface area contributed by atoms with Gasteiger partial charge in [-0.05, 0) is 69.4 Å². The van der Waals surface area contributed by atoms with E-state index in [0.717, 1.165) is 27.8 Å². The molecule has 5 heteroatoms. The molecule has 0 saturated heterocycles. The number of hydrogen-bond donors (Lipinski definition) is 2. The number of aliphatic hydroxyl groups is 1. The molecule has 0 amide bonds. The van der Waals surface area contributed by atoms with Crippen molar-refractivity contribution in [1.82, 2.24) is 5.32 Å². The normalized spacial score (nSPS) is 14.2. The molecule has 0 fully saturated rings. The summed E-state index contributed by atoms with van der Waals surface area (Å²) in [6.45, 7) is 7.82. The van der Waals surface area contributed by atoms with E-state index in [-0.39, 0.29) is 6.61 Å². The van der Waals surface area contributed by atoms with Crippen molar-refractivity contribution in [1.29, 1.82) is 0 Å². The van der Waals surface area contributed by atoms with Crippen LogP contribution in [0, 0.1) is 0 Å². The second-order valence-corrected chi connectivity index (χ2v) is 6.52. The Morgan fingerprint density at radius 3 is 2.32 bits per heavy atom. The van der Waals surface area contributed by atoms with Crippen LogP contribution in [-0.2, 0) is 6.54 Å². The molecule has 1 atom stereocenters. The van der Waals surface area contributed by atoms with E-state index in [1.165, 1.54) is 5.56 Å². The molecular formula is C14H21Br2NO2. The summed E-state index contributed by atoms with van der Waals surface area (Å²) < 4.78 is 7.50. The first-order chi connectivity index (χ1) is 8.89. The maximum absolute atomic E-state index is 9.97. The van der Waals surface area contributed by atoms with E-state index in [2.05, 4.69) is 44.1 Å². The summed E-state index contributed by atoms with van der Waals surface area (Å²) in [7, 11) is 0. The van der Waals surface area contributed by atoms with Gasteiger partial charge in [0.2, 0.25) is 0 Å². The molecule has 0 radical (unpaired) electrons. The average Bonchev–Trinajstić information content (AvgIpc) is 2.35. The summed E-state index contributed by atoms with van der Waals surface area (Å²) in [6.07, 6.45) is 0.654. The topological polar surface area (TPSA) is 41.5 Å². The summed E-state index contributed by atoms with van der Waals surface area (Å²) in [5, 5.41) is 13.3. The Hall–Kier alpha value is -0.100. The minimum Gasteiger partial charge on any atom is -0.488 e. The molecule has 108 valence electrons. The lowest BCUT2D eigenvalue weighted by Gasteiger charge is -2.22. The zero-order chi connectivity index (χ0) is 14.5. The standard InChI is InChI=1S/C14H21Br2NO2/c1-4-14(3,18)9-19-13-11(15)6-10(7-12(13)16)8-17-5-2/h6-7,17-18H,4-5,8-9H2,1-3H3. The Morgan fingerprint density at radius 2 is 1.84 bits per heavy atom. The molecule has 0 aliphatic carbocycles. The third kappa shape index (κ3) is 5.42. The van der Waals surface area contributed by atoms with E-state index in [1.54, 1.807) is 6.92 Å². The number of hydrogen-bond acceptors (Lipinski definition) is 3. The molecule has 1 rings (SSSR count). The second-order valence-electron chi connectivity index (χ2n) is 4.81. The molecule has 0 heterocycles. The van der Waals surface area contributed by atoms with Crippen molar-refractivity contribution in [2.45, 2.75) is 39.3 Å². The van der Waals surface area contributed by atoms with Gasteiger partial charge in [-0.25, -0.2) is 0 Å². The minimum atomic E-state index is -0.804. The molecule has 2 N–H and O–H groups in total. The number of ether oxygens (including phenoxy) is 1. The van der Waals surface area contributed by atoms with Gasteiger partial charge in [-0.3, -0.25) is 0 Å². The molecule has 0 saturated carbocycles. The van der Waals surface area contributed by atoms with E-state index < -0.39 is 5.60 Å². The van der Waals surface area contributed by atoms with E-state index in [0.29, 0.717) is 6.42 Å².